The van der Waals surface area contributed by atoms with Crippen molar-refractivity contribution in [1.29, 1.82) is 0 Å². The van der Waals surface area contributed by atoms with Crippen molar-refractivity contribution in [3.8, 4) is 17.0 Å². The van der Waals surface area contributed by atoms with Gasteiger partial charge in [0.2, 0.25) is 5.91 Å². The van der Waals surface area contributed by atoms with Gasteiger partial charge in [0, 0.05) is 29.8 Å². The molecule has 0 bridgehead atoms. The van der Waals surface area contributed by atoms with Crippen molar-refractivity contribution in [2.24, 2.45) is 5.92 Å². The molecule has 2 amide bonds. The Morgan fingerprint density at radius 2 is 1.74 bits per heavy atom. The minimum Gasteiger partial charge on any atom is -0.493 e. The van der Waals surface area contributed by atoms with Crippen LogP contribution in [0.1, 0.15) is 73.5 Å². The van der Waals surface area contributed by atoms with Crippen molar-refractivity contribution in [1.82, 2.24) is 25.6 Å². The highest BCUT2D eigenvalue weighted by atomic mass is 19.4. The number of ether oxygens (including phenoxy) is 1. The number of rotatable bonds is 8. The van der Waals surface area contributed by atoms with E-state index in [0.717, 1.165) is 50.7 Å². The maximum Gasteiger partial charge on any atom is 0.416 e. The quantitative estimate of drug-likeness (QED) is 0.357. The summed E-state index contributed by atoms with van der Waals surface area (Å²) in [4.78, 5) is 36.8. The number of benzene rings is 1. The minimum atomic E-state index is -4.54. The summed E-state index contributed by atoms with van der Waals surface area (Å²) in [5.41, 5.74) is 1.22. The number of aryl methyl sites for hydroxylation is 1. The lowest BCUT2D eigenvalue weighted by Gasteiger charge is -2.29. The topological polar surface area (TPSA) is 109 Å². The van der Waals surface area contributed by atoms with Gasteiger partial charge in [-0.15, -0.1) is 0 Å². The van der Waals surface area contributed by atoms with Crippen LogP contribution in [0.4, 0.5) is 13.2 Å². The first-order valence-corrected chi connectivity index (χ1v) is 13.4. The molecule has 208 valence electrons. The number of alkyl halides is 3. The number of halogens is 3. The average Bonchev–Trinajstić information content (AvgIpc) is 3.67. The molecule has 2 aliphatic rings. The maximum absolute atomic E-state index is 13.6. The monoisotopic (exact) mass is 543 g/mol. The molecule has 2 aromatic heterocycles. The molecule has 3 aromatic rings. The molecule has 0 aliphatic heterocycles. The SMILES string of the molecule is CCC(=O)NC1CCC(NC(=O)c2c(C)[nH]c3c(-c4cc(C(F)(F)F)ccc4OCC4CC4)ncnc23)CC1. The number of aromatic amines is 1. The summed E-state index contributed by atoms with van der Waals surface area (Å²) in [6.07, 6.45) is 2.24. The molecule has 2 aliphatic carbocycles. The second kappa shape index (κ2) is 10.9. The highest BCUT2D eigenvalue weighted by Crippen LogP contribution is 2.40. The predicted molar refractivity (Wildman–Crippen MR) is 139 cm³/mol. The van der Waals surface area contributed by atoms with Gasteiger partial charge in [-0.3, -0.25) is 9.59 Å². The van der Waals surface area contributed by atoms with Crippen LogP contribution in [0.3, 0.4) is 0 Å². The number of aromatic nitrogens is 3. The number of fused-ring (bicyclic) bond motifs is 1. The second-order valence-electron chi connectivity index (χ2n) is 10.5. The smallest absolute Gasteiger partial charge is 0.416 e. The number of hydrogen-bond donors (Lipinski definition) is 3. The van der Waals surface area contributed by atoms with Gasteiger partial charge in [-0.05, 0) is 69.6 Å². The van der Waals surface area contributed by atoms with Crippen LogP contribution >= 0.6 is 0 Å². The van der Waals surface area contributed by atoms with Gasteiger partial charge < -0.3 is 20.4 Å². The van der Waals surface area contributed by atoms with Crippen LogP contribution in [0, 0.1) is 12.8 Å². The van der Waals surface area contributed by atoms with Crippen molar-refractivity contribution in [3.63, 3.8) is 0 Å². The summed E-state index contributed by atoms with van der Waals surface area (Å²) in [6.45, 7) is 3.97. The molecule has 2 saturated carbocycles. The summed E-state index contributed by atoms with van der Waals surface area (Å²) < 4.78 is 46.7. The molecule has 1 aromatic carbocycles. The predicted octanol–water partition coefficient (Wildman–Crippen LogP) is 5.31. The first-order valence-electron chi connectivity index (χ1n) is 13.4. The van der Waals surface area contributed by atoms with Crippen LogP contribution in [-0.2, 0) is 11.0 Å². The molecule has 0 atom stereocenters. The average molecular weight is 544 g/mol. The number of carbonyl (C=O) groups is 2. The van der Waals surface area contributed by atoms with E-state index < -0.39 is 11.7 Å². The van der Waals surface area contributed by atoms with E-state index in [0.29, 0.717) is 47.0 Å². The Balaban J connectivity index is 1.42. The normalized spacial score (nSPS) is 19.6. The summed E-state index contributed by atoms with van der Waals surface area (Å²) in [6, 6.07) is 3.43. The number of carbonyl (C=O) groups excluding carboxylic acids is 2. The van der Waals surface area contributed by atoms with Crippen LogP contribution in [0.25, 0.3) is 22.3 Å². The van der Waals surface area contributed by atoms with Crippen molar-refractivity contribution in [3.05, 3.63) is 41.3 Å². The van der Waals surface area contributed by atoms with Crippen LogP contribution in [-0.4, -0.2) is 45.5 Å². The first-order chi connectivity index (χ1) is 18.6. The fraction of sp³-hybridized carbons (Fsp3) is 0.500. The van der Waals surface area contributed by atoms with E-state index in [4.69, 9.17) is 4.74 Å². The van der Waals surface area contributed by atoms with Crippen LogP contribution in [0.5, 0.6) is 5.75 Å². The Morgan fingerprint density at radius 3 is 2.38 bits per heavy atom. The fourth-order valence-corrected chi connectivity index (χ4v) is 5.08. The van der Waals surface area contributed by atoms with Gasteiger partial charge in [0.1, 0.15) is 23.3 Å². The standard InChI is InChI=1S/C28H32F3N5O3/c1-3-22(37)35-18-7-9-19(10-8-18)36-27(38)23-15(2)34-26-24(32-14-33-25(23)26)20-12-17(28(29,30)31)6-11-21(20)39-13-16-4-5-16/h6,11-12,14,16,18-19,34H,3-5,7-10,13H2,1-2H3,(H,35,37)(H,36,38). The van der Waals surface area contributed by atoms with Crippen molar-refractivity contribution >= 4 is 22.8 Å². The Hall–Kier alpha value is -3.63. The molecule has 2 fully saturated rings. The molecule has 0 unspecified atom stereocenters. The summed E-state index contributed by atoms with van der Waals surface area (Å²) in [5.74, 6) is 0.430. The number of nitrogens with zero attached hydrogens (tertiary/aromatic N) is 2. The molecule has 0 saturated heterocycles. The van der Waals surface area contributed by atoms with Gasteiger partial charge in [-0.2, -0.15) is 13.2 Å². The molecule has 11 heteroatoms. The van der Waals surface area contributed by atoms with Gasteiger partial charge >= 0.3 is 6.18 Å². The molecule has 2 heterocycles. The van der Waals surface area contributed by atoms with Crippen molar-refractivity contribution in [2.75, 3.05) is 6.61 Å². The maximum atomic E-state index is 13.6. The third kappa shape index (κ3) is 6.02. The lowest BCUT2D eigenvalue weighted by atomic mass is 9.91. The molecule has 0 spiro atoms. The number of H-pyrrole nitrogens is 1. The van der Waals surface area contributed by atoms with Crippen LogP contribution < -0.4 is 15.4 Å². The van der Waals surface area contributed by atoms with Gasteiger partial charge in [-0.1, -0.05) is 6.92 Å². The Bertz CT molecular complexity index is 1370. The van der Waals surface area contributed by atoms with Gasteiger partial charge in [-0.25, -0.2) is 9.97 Å². The molecule has 8 nitrogen and oxygen atoms in total. The van der Waals surface area contributed by atoms with Crippen molar-refractivity contribution < 1.29 is 27.5 Å². The second-order valence-corrected chi connectivity index (χ2v) is 10.5. The molecular formula is C28H32F3N5O3. The Kier molecular flexibility index (Phi) is 7.51. The van der Waals surface area contributed by atoms with Crippen LogP contribution in [0.2, 0.25) is 0 Å². The van der Waals surface area contributed by atoms with Gasteiger partial charge in [0.25, 0.3) is 5.91 Å². The Morgan fingerprint density at radius 1 is 1.05 bits per heavy atom. The zero-order chi connectivity index (χ0) is 27.7. The van der Waals surface area contributed by atoms with E-state index in [9.17, 15) is 22.8 Å². The van der Waals surface area contributed by atoms with E-state index in [2.05, 4.69) is 25.6 Å². The van der Waals surface area contributed by atoms with Gasteiger partial charge in [0.05, 0.1) is 23.3 Å². The van der Waals surface area contributed by atoms with Crippen molar-refractivity contribution in [2.45, 2.75) is 77.1 Å². The number of amides is 2. The minimum absolute atomic E-state index is 0.0225. The molecule has 3 N–H and O–H groups in total. The molecular weight excluding hydrogens is 511 g/mol. The van der Waals surface area contributed by atoms with E-state index in [1.807, 2.05) is 6.92 Å². The lowest BCUT2D eigenvalue weighted by Crippen LogP contribution is -2.43. The zero-order valence-corrected chi connectivity index (χ0v) is 22.0. The molecule has 5 rings (SSSR count). The summed E-state index contributed by atoms with van der Waals surface area (Å²) >= 11 is 0. The van der Waals surface area contributed by atoms with E-state index in [-0.39, 0.29) is 35.2 Å². The van der Waals surface area contributed by atoms with Crippen LogP contribution in [0.15, 0.2) is 24.5 Å². The number of hydrogen-bond acceptors (Lipinski definition) is 5. The molecule has 39 heavy (non-hydrogen) atoms. The largest absolute Gasteiger partial charge is 0.493 e. The van der Waals surface area contributed by atoms with E-state index in [1.54, 1.807) is 6.92 Å². The zero-order valence-electron chi connectivity index (χ0n) is 22.0. The fourth-order valence-electron chi connectivity index (χ4n) is 5.08. The summed E-state index contributed by atoms with van der Waals surface area (Å²) in [5, 5.41) is 6.08. The Labute approximate surface area is 224 Å². The summed E-state index contributed by atoms with van der Waals surface area (Å²) in [7, 11) is 0. The highest BCUT2D eigenvalue weighted by molar-refractivity contribution is 6.09. The third-order valence-corrected chi connectivity index (χ3v) is 7.48. The van der Waals surface area contributed by atoms with E-state index in [1.165, 1.54) is 12.4 Å². The third-order valence-electron chi connectivity index (χ3n) is 7.48. The highest BCUT2D eigenvalue weighted by Gasteiger charge is 2.33. The van der Waals surface area contributed by atoms with Gasteiger partial charge in [0.15, 0.2) is 0 Å². The number of nitrogens with one attached hydrogen (secondary N) is 3. The molecule has 0 radical (unpaired) electrons. The first kappa shape index (κ1) is 27.0. The van der Waals surface area contributed by atoms with E-state index >= 15 is 0 Å². The lowest BCUT2D eigenvalue weighted by molar-refractivity contribution is -0.137.